The molecule has 0 amide bonds. The summed E-state index contributed by atoms with van der Waals surface area (Å²) in [6, 6.07) is 4.79. The predicted octanol–water partition coefficient (Wildman–Crippen LogP) is 2.69. The molecule has 3 nitrogen and oxygen atoms in total. The highest BCUT2D eigenvalue weighted by atomic mass is 19.1. The standard InChI is InChI=1S/C14H18FN3/c1-2-18-13-7-11(15)5-6-12(13)17-14(18)9-16-8-10-3-4-10/h5-7,10,16H,2-4,8-9H2,1H3. The molecule has 1 aliphatic carbocycles. The molecule has 0 unspecified atom stereocenters. The molecule has 2 aromatic rings. The van der Waals surface area contributed by atoms with Crippen LogP contribution in [0.2, 0.25) is 0 Å². The van der Waals surface area contributed by atoms with Gasteiger partial charge < -0.3 is 9.88 Å². The Balaban J connectivity index is 1.84. The van der Waals surface area contributed by atoms with E-state index in [9.17, 15) is 4.39 Å². The smallest absolute Gasteiger partial charge is 0.125 e. The van der Waals surface area contributed by atoms with Crippen LogP contribution in [0.4, 0.5) is 4.39 Å². The number of hydrogen-bond donors (Lipinski definition) is 1. The number of aryl methyl sites for hydroxylation is 1. The minimum absolute atomic E-state index is 0.199. The maximum Gasteiger partial charge on any atom is 0.125 e. The van der Waals surface area contributed by atoms with Crippen molar-refractivity contribution >= 4 is 11.0 Å². The van der Waals surface area contributed by atoms with Gasteiger partial charge in [-0.1, -0.05) is 0 Å². The number of hydrogen-bond acceptors (Lipinski definition) is 2. The van der Waals surface area contributed by atoms with Crippen molar-refractivity contribution in [3.8, 4) is 0 Å². The lowest BCUT2D eigenvalue weighted by Crippen LogP contribution is -2.19. The first-order chi connectivity index (χ1) is 8.78. The second kappa shape index (κ2) is 4.69. The number of halogens is 1. The van der Waals surface area contributed by atoms with Gasteiger partial charge in [0.1, 0.15) is 11.6 Å². The van der Waals surface area contributed by atoms with Crippen LogP contribution in [0.5, 0.6) is 0 Å². The van der Waals surface area contributed by atoms with Crippen LogP contribution in [0.1, 0.15) is 25.6 Å². The monoisotopic (exact) mass is 247 g/mol. The number of rotatable bonds is 5. The molecule has 1 aliphatic rings. The van der Waals surface area contributed by atoms with Crippen molar-refractivity contribution in [3.05, 3.63) is 29.8 Å². The molecule has 0 radical (unpaired) electrons. The van der Waals surface area contributed by atoms with Crippen LogP contribution in [0.25, 0.3) is 11.0 Å². The summed E-state index contributed by atoms with van der Waals surface area (Å²) in [6.07, 6.45) is 2.70. The first-order valence-electron chi connectivity index (χ1n) is 6.63. The van der Waals surface area contributed by atoms with Gasteiger partial charge in [-0.3, -0.25) is 0 Å². The first-order valence-corrected chi connectivity index (χ1v) is 6.63. The molecule has 1 heterocycles. The topological polar surface area (TPSA) is 29.9 Å². The number of fused-ring (bicyclic) bond motifs is 1. The molecule has 18 heavy (non-hydrogen) atoms. The van der Waals surface area contributed by atoms with E-state index in [1.807, 2.05) is 0 Å². The second-order valence-corrected chi connectivity index (χ2v) is 4.98. The molecule has 1 saturated carbocycles. The molecule has 1 fully saturated rings. The molecule has 0 saturated heterocycles. The van der Waals surface area contributed by atoms with Crippen LogP contribution >= 0.6 is 0 Å². The van der Waals surface area contributed by atoms with E-state index in [2.05, 4.69) is 21.8 Å². The molecule has 3 rings (SSSR count). The van der Waals surface area contributed by atoms with E-state index >= 15 is 0 Å². The predicted molar refractivity (Wildman–Crippen MR) is 69.8 cm³/mol. The van der Waals surface area contributed by atoms with Gasteiger partial charge in [-0.2, -0.15) is 0 Å². The van der Waals surface area contributed by atoms with E-state index in [4.69, 9.17) is 0 Å². The van der Waals surface area contributed by atoms with Crippen molar-refractivity contribution in [3.63, 3.8) is 0 Å². The average Bonchev–Trinajstić information content (AvgIpc) is 3.10. The molecular formula is C14H18FN3. The minimum atomic E-state index is -0.199. The Labute approximate surface area is 106 Å². The summed E-state index contributed by atoms with van der Waals surface area (Å²) in [7, 11) is 0. The molecule has 0 atom stereocenters. The molecule has 0 spiro atoms. The fourth-order valence-corrected chi connectivity index (χ4v) is 2.34. The first kappa shape index (κ1) is 11.7. The summed E-state index contributed by atoms with van der Waals surface area (Å²) < 4.78 is 15.4. The Kier molecular flexibility index (Phi) is 3.04. The van der Waals surface area contributed by atoms with Crippen molar-refractivity contribution in [1.29, 1.82) is 0 Å². The third-order valence-corrected chi connectivity index (χ3v) is 3.52. The normalized spacial score (nSPS) is 15.4. The van der Waals surface area contributed by atoms with Gasteiger partial charge in [-0.05, 0) is 50.4 Å². The summed E-state index contributed by atoms with van der Waals surface area (Å²) in [5.74, 6) is 1.66. The minimum Gasteiger partial charge on any atom is -0.327 e. The SMILES string of the molecule is CCn1c(CNCC2CC2)nc2ccc(F)cc21. The number of aromatic nitrogens is 2. The summed E-state index contributed by atoms with van der Waals surface area (Å²) in [6.45, 7) is 4.72. The van der Waals surface area contributed by atoms with E-state index in [0.29, 0.717) is 0 Å². The second-order valence-electron chi connectivity index (χ2n) is 4.98. The van der Waals surface area contributed by atoms with Crippen molar-refractivity contribution in [2.24, 2.45) is 5.92 Å². The van der Waals surface area contributed by atoms with Gasteiger partial charge in [0.05, 0.1) is 17.6 Å². The molecule has 4 heteroatoms. The zero-order chi connectivity index (χ0) is 12.5. The Bertz CT molecular complexity index is 557. The molecular weight excluding hydrogens is 229 g/mol. The molecule has 1 N–H and O–H groups in total. The Morgan fingerprint density at radius 3 is 3.00 bits per heavy atom. The number of nitrogens with zero attached hydrogens (tertiary/aromatic N) is 2. The lowest BCUT2D eigenvalue weighted by molar-refractivity contribution is 0.593. The molecule has 1 aromatic heterocycles. The lowest BCUT2D eigenvalue weighted by atomic mass is 10.3. The highest BCUT2D eigenvalue weighted by Gasteiger charge is 2.20. The van der Waals surface area contributed by atoms with Crippen LogP contribution in [0.15, 0.2) is 18.2 Å². The van der Waals surface area contributed by atoms with Crippen molar-refractivity contribution in [2.45, 2.75) is 32.9 Å². The highest BCUT2D eigenvalue weighted by molar-refractivity contribution is 5.76. The summed E-state index contributed by atoms with van der Waals surface area (Å²) in [5.41, 5.74) is 1.77. The third kappa shape index (κ3) is 2.25. The average molecular weight is 247 g/mol. The maximum absolute atomic E-state index is 13.3. The van der Waals surface area contributed by atoms with Crippen LogP contribution in [0, 0.1) is 11.7 Å². The van der Waals surface area contributed by atoms with Gasteiger partial charge in [0.2, 0.25) is 0 Å². The Hall–Kier alpha value is -1.42. The van der Waals surface area contributed by atoms with Gasteiger partial charge in [0.15, 0.2) is 0 Å². The van der Waals surface area contributed by atoms with Gasteiger partial charge >= 0.3 is 0 Å². The molecule has 0 bridgehead atoms. The zero-order valence-electron chi connectivity index (χ0n) is 10.6. The van der Waals surface area contributed by atoms with E-state index in [1.165, 1.54) is 18.9 Å². The van der Waals surface area contributed by atoms with Crippen molar-refractivity contribution < 1.29 is 4.39 Å². The zero-order valence-corrected chi connectivity index (χ0v) is 10.6. The summed E-state index contributed by atoms with van der Waals surface area (Å²) in [4.78, 5) is 4.58. The quantitative estimate of drug-likeness (QED) is 0.880. The maximum atomic E-state index is 13.3. The Morgan fingerprint density at radius 2 is 2.28 bits per heavy atom. The van der Waals surface area contributed by atoms with Gasteiger partial charge in [0.25, 0.3) is 0 Å². The van der Waals surface area contributed by atoms with Crippen LogP contribution in [-0.4, -0.2) is 16.1 Å². The van der Waals surface area contributed by atoms with Gasteiger partial charge in [-0.15, -0.1) is 0 Å². The largest absolute Gasteiger partial charge is 0.327 e. The van der Waals surface area contributed by atoms with E-state index in [-0.39, 0.29) is 5.82 Å². The molecule has 96 valence electrons. The fourth-order valence-electron chi connectivity index (χ4n) is 2.34. The van der Waals surface area contributed by atoms with E-state index in [0.717, 1.165) is 42.4 Å². The third-order valence-electron chi connectivity index (χ3n) is 3.52. The van der Waals surface area contributed by atoms with Crippen LogP contribution in [-0.2, 0) is 13.1 Å². The summed E-state index contributed by atoms with van der Waals surface area (Å²) in [5, 5.41) is 3.44. The van der Waals surface area contributed by atoms with Crippen molar-refractivity contribution in [1.82, 2.24) is 14.9 Å². The molecule has 0 aliphatic heterocycles. The van der Waals surface area contributed by atoms with E-state index < -0.39 is 0 Å². The van der Waals surface area contributed by atoms with Crippen molar-refractivity contribution in [2.75, 3.05) is 6.54 Å². The van der Waals surface area contributed by atoms with Gasteiger partial charge in [-0.25, -0.2) is 9.37 Å². The molecule has 1 aromatic carbocycles. The fraction of sp³-hybridized carbons (Fsp3) is 0.500. The van der Waals surface area contributed by atoms with E-state index in [1.54, 1.807) is 12.1 Å². The number of nitrogens with one attached hydrogen (secondary N) is 1. The number of imidazole rings is 1. The number of benzene rings is 1. The van der Waals surface area contributed by atoms with Crippen LogP contribution < -0.4 is 5.32 Å². The lowest BCUT2D eigenvalue weighted by Gasteiger charge is -2.07. The summed E-state index contributed by atoms with van der Waals surface area (Å²) >= 11 is 0. The highest BCUT2D eigenvalue weighted by Crippen LogP contribution is 2.27. The Morgan fingerprint density at radius 1 is 1.44 bits per heavy atom. The van der Waals surface area contributed by atoms with Gasteiger partial charge in [0, 0.05) is 6.54 Å². The van der Waals surface area contributed by atoms with Crippen LogP contribution in [0.3, 0.4) is 0 Å².